The van der Waals surface area contributed by atoms with E-state index in [4.69, 9.17) is 0 Å². The second-order valence-electron chi connectivity index (χ2n) is 4.80. The quantitative estimate of drug-likeness (QED) is 0.740. The molecule has 0 aliphatic rings. The summed E-state index contributed by atoms with van der Waals surface area (Å²) >= 11 is 0. The largest absolute Gasteiger partial charge is 0.433 e. The SMILES string of the molecule is CNc1nc(=O)n(-c2cc[nH]c(=O)c2)c2nc(C(F)(F)F)ccc12. The summed E-state index contributed by atoms with van der Waals surface area (Å²) < 4.78 is 39.7. The van der Waals surface area contributed by atoms with E-state index in [2.05, 4.69) is 20.3 Å². The van der Waals surface area contributed by atoms with Crippen LogP contribution in [0.25, 0.3) is 16.7 Å². The number of anilines is 1. The number of fused-ring (bicyclic) bond motifs is 1. The topological polar surface area (TPSA) is 92.7 Å². The van der Waals surface area contributed by atoms with Gasteiger partial charge in [0.15, 0.2) is 5.65 Å². The summed E-state index contributed by atoms with van der Waals surface area (Å²) in [6.07, 6.45) is -3.40. The van der Waals surface area contributed by atoms with Crippen LogP contribution >= 0.6 is 0 Å². The van der Waals surface area contributed by atoms with Gasteiger partial charge in [0, 0.05) is 19.3 Å². The zero-order valence-corrected chi connectivity index (χ0v) is 12.2. The predicted octanol–water partition coefficient (Wildman–Crippen LogP) is 1.53. The van der Waals surface area contributed by atoms with Crippen molar-refractivity contribution in [2.45, 2.75) is 6.18 Å². The van der Waals surface area contributed by atoms with Gasteiger partial charge in [-0.25, -0.2) is 14.3 Å². The van der Waals surface area contributed by atoms with E-state index in [0.717, 1.165) is 16.7 Å². The standard InChI is InChI=1S/C14H10F3N5O2/c1-18-11-8-2-3-9(14(15,16)17)20-12(8)22(13(24)21-11)7-4-5-19-10(23)6-7/h2-6H,1H3,(H,19,23)(H,18,21,24). The molecule has 7 nitrogen and oxygen atoms in total. The first kappa shape index (κ1) is 15.7. The molecule has 3 aromatic rings. The maximum Gasteiger partial charge on any atom is 0.433 e. The van der Waals surface area contributed by atoms with Crippen molar-refractivity contribution >= 4 is 16.9 Å². The van der Waals surface area contributed by atoms with E-state index >= 15 is 0 Å². The highest BCUT2D eigenvalue weighted by atomic mass is 19.4. The summed E-state index contributed by atoms with van der Waals surface area (Å²) in [5.41, 5.74) is -2.71. The van der Waals surface area contributed by atoms with Crippen LogP contribution in [0.5, 0.6) is 0 Å². The van der Waals surface area contributed by atoms with Crippen molar-refractivity contribution in [1.82, 2.24) is 19.5 Å². The molecule has 0 unspecified atom stereocenters. The third kappa shape index (κ3) is 2.62. The van der Waals surface area contributed by atoms with Gasteiger partial charge >= 0.3 is 11.9 Å². The maximum absolute atomic E-state index is 13.0. The molecule has 0 amide bonds. The second kappa shape index (κ2) is 5.48. The van der Waals surface area contributed by atoms with Crippen molar-refractivity contribution < 1.29 is 13.2 Å². The Bertz CT molecular complexity index is 1040. The number of hydrogen-bond acceptors (Lipinski definition) is 5. The number of aromatic nitrogens is 4. The molecule has 0 aliphatic heterocycles. The highest BCUT2D eigenvalue weighted by molar-refractivity contribution is 5.87. The van der Waals surface area contributed by atoms with E-state index in [1.807, 2.05) is 0 Å². The first-order valence-corrected chi connectivity index (χ1v) is 6.69. The van der Waals surface area contributed by atoms with Crippen LogP contribution in [0.2, 0.25) is 0 Å². The highest BCUT2D eigenvalue weighted by Crippen LogP contribution is 2.30. The smallest absolute Gasteiger partial charge is 0.372 e. The van der Waals surface area contributed by atoms with Gasteiger partial charge in [-0.2, -0.15) is 18.2 Å². The van der Waals surface area contributed by atoms with Crippen LogP contribution in [0.1, 0.15) is 5.69 Å². The van der Waals surface area contributed by atoms with Crippen LogP contribution in [-0.2, 0) is 6.18 Å². The minimum atomic E-state index is -4.67. The fourth-order valence-electron chi connectivity index (χ4n) is 2.25. The van der Waals surface area contributed by atoms with Gasteiger partial charge in [-0.05, 0) is 18.2 Å². The first-order valence-electron chi connectivity index (χ1n) is 6.69. The highest BCUT2D eigenvalue weighted by Gasteiger charge is 2.33. The Balaban J connectivity index is 2.45. The monoisotopic (exact) mass is 337 g/mol. The molecule has 3 aromatic heterocycles. The van der Waals surface area contributed by atoms with Crippen molar-refractivity contribution in [3.8, 4) is 5.69 Å². The number of nitrogens with one attached hydrogen (secondary N) is 2. The summed E-state index contributed by atoms with van der Waals surface area (Å²) in [6.45, 7) is 0. The van der Waals surface area contributed by atoms with E-state index < -0.39 is 23.1 Å². The molecule has 24 heavy (non-hydrogen) atoms. The number of H-pyrrole nitrogens is 1. The van der Waals surface area contributed by atoms with E-state index in [1.165, 1.54) is 25.4 Å². The Hall–Kier alpha value is -3.17. The maximum atomic E-state index is 13.0. The molecule has 0 fully saturated rings. The fraction of sp³-hybridized carbons (Fsp3) is 0.143. The third-order valence-corrected chi connectivity index (χ3v) is 3.28. The van der Waals surface area contributed by atoms with Gasteiger partial charge in [-0.1, -0.05) is 0 Å². The summed E-state index contributed by atoms with van der Waals surface area (Å²) in [5.74, 6) is 0.0947. The minimum Gasteiger partial charge on any atom is -0.372 e. The molecule has 0 aliphatic carbocycles. The van der Waals surface area contributed by atoms with Gasteiger partial charge in [-0.15, -0.1) is 0 Å². The number of aromatic amines is 1. The van der Waals surface area contributed by atoms with Crippen LogP contribution in [0, 0.1) is 0 Å². The normalized spacial score (nSPS) is 11.7. The zero-order chi connectivity index (χ0) is 17.5. The summed E-state index contributed by atoms with van der Waals surface area (Å²) in [6, 6.07) is 4.42. The number of hydrogen-bond donors (Lipinski definition) is 2. The third-order valence-electron chi connectivity index (χ3n) is 3.28. The summed E-state index contributed by atoms with van der Waals surface area (Å²) in [4.78, 5) is 33.4. The number of alkyl halides is 3. The molecule has 10 heteroatoms. The van der Waals surface area contributed by atoms with Crippen molar-refractivity contribution in [3.63, 3.8) is 0 Å². The van der Waals surface area contributed by atoms with Crippen molar-refractivity contribution in [1.29, 1.82) is 0 Å². The number of pyridine rings is 2. The second-order valence-corrected chi connectivity index (χ2v) is 4.80. The molecule has 0 spiro atoms. The molecule has 124 valence electrons. The zero-order valence-electron chi connectivity index (χ0n) is 12.2. The van der Waals surface area contributed by atoms with Crippen LogP contribution < -0.4 is 16.6 Å². The van der Waals surface area contributed by atoms with Crippen molar-refractivity contribution in [2.75, 3.05) is 12.4 Å². The Kier molecular flexibility index (Phi) is 3.59. The van der Waals surface area contributed by atoms with Crippen LogP contribution in [0.3, 0.4) is 0 Å². The Morgan fingerprint density at radius 3 is 2.54 bits per heavy atom. The predicted molar refractivity (Wildman–Crippen MR) is 80.3 cm³/mol. The average molecular weight is 337 g/mol. The van der Waals surface area contributed by atoms with E-state index in [1.54, 1.807) is 0 Å². The molecule has 2 N–H and O–H groups in total. The van der Waals surface area contributed by atoms with Crippen molar-refractivity contribution in [2.24, 2.45) is 0 Å². The lowest BCUT2D eigenvalue weighted by molar-refractivity contribution is -0.141. The molecule has 0 saturated carbocycles. The Labute approximate surface area is 131 Å². The Morgan fingerprint density at radius 2 is 1.92 bits per heavy atom. The van der Waals surface area contributed by atoms with E-state index in [0.29, 0.717) is 0 Å². The van der Waals surface area contributed by atoms with Crippen molar-refractivity contribution in [3.05, 3.63) is 57.0 Å². The minimum absolute atomic E-state index is 0.0655. The molecule has 0 atom stereocenters. The van der Waals surface area contributed by atoms with Gasteiger partial charge in [-0.3, -0.25) is 4.79 Å². The molecule has 0 saturated heterocycles. The first-order chi connectivity index (χ1) is 11.3. The average Bonchev–Trinajstić information content (AvgIpc) is 2.52. The molecular formula is C14H10F3N5O2. The van der Waals surface area contributed by atoms with Gasteiger partial charge in [0.2, 0.25) is 5.56 Å². The van der Waals surface area contributed by atoms with Gasteiger partial charge in [0.05, 0.1) is 11.1 Å². The number of halogens is 3. The van der Waals surface area contributed by atoms with Crippen LogP contribution in [0.4, 0.5) is 19.0 Å². The van der Waals surface area contributed by atoms with Crippen LogP contribution in [0.15, 0.2) is 40.1 Å². The molecule has 0 radical (unpaired) electrons. The summed E-state index contributed by atoms with van der Waals surface area (Å²) in [5, 5.41) is 2.86. The summed E-state index contributed by atoms with van der Waals surface area (Å²) in [7, 11) is 1.48. The molecule has 0 bridgehead atoms. The van der Waals surface area contributed by atoms with Gasteiger partial charge in [0.25, 0.3) is 0 Å². The number of rotatable bonds is 2. The lowest BCUT2D eigenvalue weighted by Crippen LogP contribution is -2.25. The van der Waals surface area contributed by atoms with E-state index in [-0.39, 0.29) is 22.5 Å². The van der Waals surface area contributed by atoms with Crippen LogP contribution in [-0.4, -0.2) is 26.6 Å². The fourth-order valence-corrected chi connectivity index (χ4v) is 2.25. The Morgan fingerprint density at radius 1 is 1.17 bits per heavy atom. The molecule has 0 aromatic carbocycles. The lowest BCUT2D eigenvalue weighted by Gasteiger charge is -2.13. The molecular weight excluding hydrogens is 327 g/mol. The van der Waals surface area contributed by atoms with Gasteiger partial charge < -0.3 is 10.3 Å². The molecule has 3 rings (SSSR count). The lowest BCUT2D eigenvalue weighted by atomic mass is 10.2. The number of nitrogens with zero attached hydrogens (tertiary/aromatic N) is 3. The molecule has 3 heterocycles. The van der Waals surface area contributed by atoms with Gasteiger partial charge in [0.1, 0.15) is 11.5 Å². The van der Waals surface area contributed by atoms with E-state index in [9.17, 15) is 22.8 Å².